The van der Waals surface area contributed by atoms with E-state index < -0.39 is 17.7 Å². The number of amides is 1. The maximum atomic E-state index is 12.4. The number of hydrogen-bond donors (Lipinski definition) is 1. The highest BCUT2D eigenvalue weighted by Gasteiger charge is 2.15. The molecule has 0 unspecified atom stereocenters. The molecule has 34 heavy (non-hydrogen) atoms. The Hall–Kier alpha value is -4.28. The van der Waals surface area contributed by atoms with Crippen molar-refractivity contribution in [3.8, 4) is 0 Å². The minimum atomic E-state index is -0.613. The number of rotatable bonds is 7. The van der Waals surface area contributed by atoms with Crippen LogP contribution in [0.5, 0.6) is 0 Å². The van der Waals surface area contributed by atoms with Gasteiger partial charge < -0.3 is 13.9 Å². The number of carbonyl (C=O) groups is 2. The molecule has 4 rings (SSSR count). The van der Waals surface area contributed by atoms with Crippen molar-refractivity contribution in [3.05, 3.63) is 63.5 Å². The van der Waals surface area contributed by atoms with Crippen LogP contribution in [0.15, 0.2) is 39.8 Å². The summed E-state index contributed by atoms with van der Waals surface area (Å²) >= 11 is 0. The van der Waals surface area contributed by atoms with Gasteiger partial charge in [-0.15, -0.1) is 0 Å². The standard InChI is InChI=1S/C23H23N5O6/c1-4-32-23(31)27-16-5-6-18-15(9-21(30)34-19(18)10-16)11-33-20(29)8-7-17-13(2)26-22-24-12-25-28(22)14(17)3/h5-6,9-10,12H,4,7-8,11H2,1-3H3,(H,27,31). The molecule has 0 atom stereocenters. The molecule has 4 aromatic rings. The maximum Gasteiger partial charge on any atom is 0.411 e. The molecule has 0 bridgehead atoms. The highest BCUT2D eigenvalue weighted by molar-refractivity contribution is 5.90. The number of nitrogens with zero attached hydrogens (tertiary/aromatic N) is 4. The third kappa shape index (κ3) is 4.87. The summed E-state index contributed by atoms with van der Waals surface area (Å²) in [6.45, 7) is 5.60. The molecule has 0 fully saturated rings. The molecule has 11 heteroatoms. The molecule has 1 aromatic carbocycles. The first-order chi connectivity index (χ1) is 16.4. The first-order valence-corrected chi connectivity index (χ1v) is 10.7. The first-order valence-electron chi connectivity index (χ1n) is 10.7. The van der Waals surface area contributed by atoms with Crippen molar-refractivity contribution in [2.24, 2.45) is 0 Å². The van der Waals surface area contributed by atoms with Crippen LogP contribution >= 0.6 is 0 Å². The van der Waals surface area contributed by atoms with Gasteiger partial charge >= 0.3 is 17.7 Å². The molecule has 0 radical (unpaired) electrons. The van der Waals surface area contributed by atoms with E-state index in [1.54, 1.807) is 23.6 Å². The van der Waals surface area contributed by atoms with E-state index in [1.807, 2.05) is 13.8 Å². The van der Waals surface area contributed by atoms with Gasteiger partial charge in [-0.3, -0.25) is 10.1 Å². The van der Waals surface area contributed by atoms with Crippen LogP contribution in [-0.4, -0.2) is 38.3 Å². The average molecular weight is 465 g/mol. The average Bonchev–Trinajstić information content (AvgIpc) is 3.25. The molecule has 11 nitrogen and oxygen atoms in total. The molecule has 1 amide bonds. The summed E-state index contributed by atoms with van der Waals surface area (Å²) in [5.41, 5.74) is 3.13. The van der Waals surface area contributed by atoms with Crippen molar-refractivity contribution >= 4 is 34.5 Å². The Bertz CT molecular complexity index is 1440. The van der Waals surface area contributed by atoms with Gasteiger partial charge in [0, 0.05) is 46.6 Å². The summed E-state index contributed by atoms with van der Waals surface area (Å²) < 4.78 is 17.1. The van der Waals surface area contributed by atoms with Gasteiger partial charge in [-0.25, -0.2) is 19.1 Å². The lowest BCUT2D eigenvalue weighted by Crippen LogP contribution is -2.13. The number of anilines is 1. The van der Waals surface area contributed by atoms with Crippen LogP contribution in [0, 0.1) is 13.8 Å². The predicted molar refractivity (Wildman–Crippen MR) is 122 cm³/mol. The Morgan fingerprint density at radius 2 is 2.00 bits per heavy atom. The number of benzene rings is 1. The monoisotopic (exact) mass is 465 g/mol. The lowest BCUT2D eigenvalue weighted by molar-refractivity contribution is -0.144. The zero-order valence-corrected chi connectivity index (χ0v) is 19.0. The van der Waals surface area contributed by atoms with Crippen molar-refractivity contribution in [3.63, 3.8) is 0 Å². The second kappa shape index (κ2) is 9.69. The molecule has 0 aliphatic carbocycles. The van der Waals surface area contributed by atoms with E-state index in [-0.39, 0.29) is 25.2 Å². The number of hydrogen-bond acceptors (Lipinski definition) is 9. The van der Waals surface area contributed by atoms with Crippen molar-refractivity contribution in [1.29, 1.82) is 0 Å². The number of aryl methyl sites for hydroxylation is 2. The van der Waals surface area contributed by atoms with Gasteiger partial charge in [0.25, 0.3) is 5.78 Å². The Morgan fingerprint density at radius 1 is 1.18 bits per heavy atom. The van der Waals surface area contributed by atoms with Crippen molar-refractivity contribution in [1.82, 2.24) is 19.6 Å². The molecule has 0 spiro atoms. The molecule has 3 aromatic heterocycles. The van der Waals surface area contributed by atoms with Crippen LogP contribution in [0.1, 0.15) is 35.9 Å². The summed E-state index contributed by atoms with van der Waals surface area (Å²) in [5, 5.41) is 7.29. The number of fused-ring (bicyclic) bond motifs is 2. The Morgan fingerprint density at radius 3 is 2.79 bits per heavy atom. The van der Waals surface area contributed by atoms with Gasteiger partial charge in [-0.2, -0.15) is 10.1 Å². The van der Waals surface area contributed by atoms with E-state index in [0.717, 1.165) is 17.0 Å². The van der Waals surface area contributed by atoms with Gasteiger partial charge in [-0.1, -0.05) is 0 Å². The van der Waals surface area contributed by atoms with Crippen molar-refractivity contribution in [2.45, 2.75) is 40.2 Å². The fraction of sp³-hybridized carbons (Fsp3) is 0.304. The highest BCUT2D eigenvalue weighted by Crippen LogP contribution is 2.22. The van der Waals surface area contributed by atoms with Gasteiger partial charge in [0.15, 0.2) is 0 Å². The number of nitrogens with one attached hydrogen (secondary N) is 1. The van der Waals surface area contributed by atoms with Crippen LogP contribution in [0.4, 0.5) is 10.5 Å². The topological polar surface area (TPSA) is 138 Å². The highest BCUT2D eigenvalue weighted by atomic mass is 16.5. The molecule has 0 saturated heterocycles. The Kier molecular flexibility index (Phi) is 6.53. The summed E-state index contributed by atoms with van der Waals surface area (Å²) in [5.74, 6) is 0.0937. The molecule has 3 heterocycles. The lowest BCUT2D eigenvalue weighted by Gasteiger charge is -2.11. The molecule has 1 N–H and O–H groups in total. The Balaban J connectivity index is 1.44. The zero-order valence-electron chi connectivity index (χ0n) is 19.0. The zero-order chi connectivity index (χ0) is 24.2. The molecule has 0 aliphatic rings. The fourth-order valence-electron chi connectivity index (χ4n) is 3.69. The summed E-state index contributed by atoms with van der Waals surface area (Å²) in [7, 11) is 0. The van der Waals surface area contributed by atoms with Crippen LogP contribution in [0.3, 0.4) is 0 Å². The van der Waals surface area contributed by atoms with Gasteiger partial charge in [0.2, 0.25) is 0 Å². The van der Waals surface area contributed by atoms with Crippen LogP contribution in [0.2, 0.25) is 0 Å². The largest absolute Gasteiger partial charge is 0.461 e. The molecular weight excluding hydrogens is 442 g/mol. The third-order valence-corrected chi connectivity index (χ3v) is 5.31. The number of aromatic nitrogens is 4. The minimum Gasteiger partial charge on any atom is -0.461 e. The van der Waals surface area contributed by atoms with Crippen molar-refractivity contribution < 1.29 is 23.5 Å². The number of carbonyl (C=O) groups excluding carboxylic acids is 2. The van der Waals surface area contributed by atoms with E-state index in [0.29, 0.717) is 28.8 Å². The minimum absolute atomic E-state index is 0.0933. The number of esters is 1. The van der Waals surface area contributed by atoms with E-state index >= 15 is 0 Å². The Labute approximate surface area is 193 Å². The van der Waals surface area contributed by atoms with E-state index in [1.165, 1.54) is 18.5 Å². The first kappa shape index (κ1) is 22.9. The maximum absolute atomic E-state index is 12.4. The van der Waals surface area contributed by atoms with E-state index in [9.17, 15) is 14.4 Å². The molecule has 0 aliphatic heterocycles. The van der Waals surface area contributed by atoms with E-state index in [2.05, 4.69) is 20.4 Å². The lowest BCUT2D eigenvalue weighted by atomic mass is 10.1. The van der Waals surface area contributed by atoms with Gasteiger partial charge in [0.1, 0.15) is 18.5 Å². The summed E-state index contributed by atoms with van der Waals surface area (Å²) in [6, 6.07) is 6.11. The quantitative estimate of drug-likeness (QED) is 0.322. The summed E-state index contributed by atoms with van der Waals surface area (Å²) in [6.07, 6.45) is 1.39. The third-order valence-electron chi connectivity index (χ3n) is 5.31. The van der Waals surface area contributed by atoms with Gasteiger partial charge in [0.05, 0.1) is 6.61 Å². The SMILES string of the molecule is CCOC(=O)Nc1ccc2c(COC(=O)CCc3c(C)nc4ncnn4c3C)cc(=O)oc2c1. The summed E-state index contributed by atoms with van der Waals surface area (Å²) in [4.78, 5) is 44.6. The molecule has 176 valence electrons. The van der Waals surface area contributed by atoms with Gasteiger partial charge in [-0.05, 0) is 44.9 Å². The fourth-order valence-corrected chi connectivity index (χ4v) is 3.69. The van der Waals surface area contributed by atoms with Crippen LogP contribution < -0.4 is 10.9 Å². The predicted octanol–water partition coefficient (Wildman–Crippen LogP) is 3.09. The normalized spacial score (nSPS) is 11.0. The second-order valence-corrected chi connectivity index (χ2v) is 7.54. The number of ether oxygens (including phenoxy) is 2. The molecular formula is C23H23N5O6. The van der Waals surface area contributed by atoms with Crippen LogP contribution in [-0.2, 0) is 27.3 Å². The smallest absolute Gasteiger partial charge is 0.411 e. The second-order valence-electron chi connectivity index (χ2n) is 7.54. The molecule has 0 saturated carbocycles. The van der Waals surface area contributed by atoms with Crippen LogP contribution in [0.25, 0.3) is 16.7 Å². The van der Waals surface area contributed by atoms with Crippen molar-refractivity contribution in [2.75, 3.05) is 11.9 Å². The van der Waals surface area contributed by atoms with E-state index in [4.69, 9.17) is 13.9 Å².